The molecule has 0 bridgehead atoms. The predicted molar refractivity (Wildman–Crippen MR) is 116 cm³/mol. The van der Waals surface area contributed by atoms with E-state index >= 15 is 0 Å². The number of ether oxygens (including phenoxy) is 1. The summed E-state index contributed by atoms with van der Waals surface area (Å²) >= 11 is 0. The summed E-state index contributed by atoms with van der Waals surface area (Å²) in [5.74, 6) is 0.252. The molecule has 2 aromatic carbocycles. The van der Waals surface area contributed by atoms with Gasteiger partial charge in [0.1, 0.15) is 11.8 Å². The van der Waals surface area contributed by atoms with E-state index in [9.17, 15) is 9.59 Å². The predicted octanol–water partition coefficient (Wildman–Crippen LogP) is 3.46. The zero-order chi connectivity index (χ0) is 21.1. The minimum atomic E-state index is -0.587. The average molecular weight is 398 g/mol. The summed E-state index contributed by atoms with van der Waals surface area (Å²) in [6, 6.07) is 16.2. The van der Waals surface area contributed by atoms with E-state index in [1.54, 1.807) is 24.3 Å². The third-order valence-corrected chi connectivity index (χ3v) is 4.42. The molecule has 156 valence electrons. The number of hydrogen-bond acceptors (Lipinski definition) is 4. The van der Waals surface area contributed by atoms with E-state index in [0.717, 1.165) is 18.7 Å². The highest BCUT2D eigenvalue weighted by Gasteiger charge is 2.24. The number of hydrogen-bond donors (Lipinski definition) is 3. The fourth-order valence-electron chi connectivity index (χ4n) is 2.83. The molecule has 2 aromatic rings. The van der Waals surface area contributed by atoms with Crippen molar-refractivity contribution in [3.05, 3.63) is 60.2 Å². The van der Waals surface area contributed by atoms with Gasteiger partial charge in [0, 0.05) is 24.3 Å². The number of nitrogens with one attached hydrogen (secondary N) is 3. The summed E-state index contributed by atoms with van der Waals surface area (Å²) in [6.45, 7) is 7.61. The zero-order valence-corrected chi connectivity index (χ0v) is 17.4. The van der Waals surface area contributed by atoms with Crippen LogP contribution >= 0.6 is 0 Å². The Balaban J connectivity index is 1.79. The molecule has 2 amide bonds. The SMILES string of the molecule is CCOc1ccc(C(=O)NC(C(=O)NCCCNc2ccccc2)C(C)C)cc1. The van der Waals surface area contributed by atoms with Crippen LogP contribution in [-0.2, 0) is 4.79 Å². The number of benzene rings is 2. The lowest BCUT2D eigenvalue weighted by molar-refractivity contribution is -0.123. The van der Waals surface area contributed by atoms with Gasteiger partial charge in [-0.25, -0.2) is 0 Å². The maximum absolute atomic E-state index is 12.6. The molecule has 0 spiro atoms. The summed E-state index contributed by atoms with van der Waals surface area (Å²) < 4.78 is 5.39. The van der Waals surface area contributed by atoms with Crippen molar-refractivity contribution in [1.82, 2.24) is 10.6 Å². The first-order valence-electron chi connectivity index (χ1n) is 10.1. The third-order valence-electron chi connectivity index (χ3n) is 4.42. The van der Waals surface area contributed by atoms with Gasteiger partial charge in [-0.1, -0.05) is 32.0 Å². The van der Waals surface area contributed by atoms with E-state index in [-0.39, 0.29) is 17.7 Å². The molecule has 1 unspecified atom stereocenters. The van der Waals surface area contributed by atoms with Crippen LogP contribution in [0.3, 0.4) is 0 Å². The van der Waals surface area contributed by atoms with Crippen LogP contribution in [-0.4, -0.2) is 37.6 Å². The molecule has 0 radical (unpaired) electrons. The molecule has 3 N–H and O–H groups in total. The number of para-hydroxylation sites is 1. The van der Waals surface area contributed by atoms with E-state index in [0.29, 0.717) is 24.5 Å². The van der Waals surface area contributed by atoms with E-state index in [4.69, 9.17) is 4.74 Å². The Kier molecular flexibility index (Phi) is 9.02. The van der Waals surface area contributed by atoms with Gasteiger partial charge in [-0.2, -0.15) is 0 Å². The molecule has 0 aliphatic carbocycles. The molecule has 0 fully saturated rings. The number of carbonyl (C=O) groups excluding carboxylic acids is 2. The maximum Gasteiger partial charge on any atom is 0.251 e. The standard InChI is InChI=1S/C23H31N3O3/c1-4-29-20-13-11-18(12-14-20)22(27)26-21(17(2)3)23(28)25-16-8-15-24-19-9-6-5-7-10-19/h5-7,9-14,17,21,24H,4,8,15-16H2,1-3H3,(H,25,28)(H,26,27). The summed E-state index contributed by atoms with van der Waals surface area (Å²) in [5, 5.41) is 9.07. The monoisotopic (exact) mass is 397 g/mol. The second-order valence-electron chi connectivity index (χ2n) is 7.09. The first-order valence-corrected chi connectivity index (χ1v) is 10.1. The average Bonchev–Trinajstić information content (AvgIpc) is 2.72. The third kappa shape index (κ3) is 7.49. The lowest BCUT2D eigenvalue weighted by Crippen LogP contribution is -2.50. The molecule has 0 aliphatic heterocycles. The Morgan fingerprint density at radius 1 is 0.966 bits per heavy atom. The van der Waals surface area contributed by atoms with Gasteiger partial charge in [0.2, 0.25) is 5.91 Å². The highest BCUT2D eigenvalue weighted by atomic mass is 16.5. The Bertz CT molecular complexity index is 761. The molecule has 0 saturated heterocycles. The highest BCUT2D eigenvalue weighted by molar-refractivity contribution is 5.97. The highest BCUT2D eigenvalue weighted by Crippen LogP contribution is 2.13. The molecule has 2 rings (SSSR count). The Hall–Kier alpha value is -3.02. The molecule has 0 heterocycles. The van der Waals surface area contributed by atoms with Crippen LogP contribution in [0, 0.1) is 5.92 Å². The lowest BCUT2D eigenvalue weighted by atomic mass is 10.0. The van der Waals surface area contributed by atoms with Gasteiger partial charge in [0.05, 0.1) is 6.61 Å². The Labute approximate surface area is 173 Å². The molecule has 6 heteroatoms. The van der Waals surface area contributed by atoms with Crippen molar-refractivity contribution in [3.63, 3.8) is 0 Å². The van der Waals surface area contributed by atoms with Gasteiger partial charge in [0.25, 0.3) is 5.91 Å². The van der Waals surface area contributed by atoms with Gasteiger partial charge >= 0.3 is 0 Å². The number of anilines is 1. The minimum absolute atomic E-state index is 0.0240. The molecule has 29 heavy (non-hydrogen) atoms. The van der Waals surface area contributed by atoms with Crippen molar-refractivity contribution in [2.75, 3.05) is 25.0 Å². The normalized spacial score (nSPS) is 11.6. The van der Waals surface area contributed by atoms with Crippen LogP contribution in [0.15, 0.2) is 54.6 Å². The minimum Gasteiger partial charge on any atom is -0.494 e. The number of amides is 2. The van der Waals surface area contributed by atoms with Crippen LogP contribution in [0.4, 0.5) is 5.69 Å². The van der Waals surface area contributed by atoms with Crippen molar-refractivity contribution in [2.45, 2.75) is 33.2 Å². The van der Waals surface area contributed by atoms with Crippen LogP contribution in [0.1, 0.15) is 37.6 Å². The smallest absolute Gasteiger partial charge is 0.251 e. The number of carbonyl (C=O) groups is 2. The summed E-state index contributed by atoms with van der Waals surface area (Å²) in [6.07, 6.45) is 0.790. The van der Waals surface area contributed by atoms with Gasteiger partial charge in [0.15, 0.2) is 0 Å². The summed E-state index contributed by atoms with van der Waals surface area (Å²) in [5.41, 5.74) is 1.56. The topological polar surface area (TPSA) is 79.5 Å². The maximum atomic E-state index is 12.6. The van der Waals surface area contributed by atoms with E-state index in [2.05, 4.69) is 16.0 Å². The molecule has 0 saturated carbocycles. The number of rotatable bonds is 11. The quantitative estimate of drug-likeness (QED) is 0.508. The Morgan fingerprint density at radius 3 is 2.28 bits per heavy atom. The summed E-state index contributed by atoms with van der Waals surface area (Å²) in [4.78, 5) is 25.1. The lowest BCUT2D eigenvalue weighted by Gasteiger charge is -2.22. The van der Waals surface area contributed by atoms with E-state index in [1.165, 1.54) is 0 Å². The van der Waals surface area contributed by atoms with Crippen molar-refractivity contribution in [1.29, 1.82) is 0 Å². The van der Waals surface area contributed by atoms with Gasteiger partial charge < -0.3 is 20.7 Å². The van der Waals surface area contributed by atoms with E-state index < -0.39 is 6.04 Å². The second-order valence-corrected chi connectivity index (χ2v) is 7.09. The first-order chi connectivity index (χ1) is 14.0. The fraction of sp³-hybridized carbons (Fsp3) is 0.391. The van der Waals surface area contributed by atoms with Crippen LogP contribution in [0.25, 0.3) is 0 Å². The van der Waals surface area contributed by atoms with Crippen molar-refractivity contribution < 1.29 is 14.3 Å². The van der Waals surface area contributed by atoms with Crippen LogP contribution in [0.5, 0.6) is 5.75 Å². The van der Waals surface area contributed by atoms with Gasteiger partial charge in [-0.15, -0.1) is 0 Å². The van der Waals surface area contributed by atoms with Gasteiger partial charge in [-0.3, -0.25) is 9.59 Å². The van der Waals surface area contributed by atoms with Crippen molar-refractivity contribution >= 4 is 17.5 Å². The van der Waals surface area contributed by atoms with Crippen LogP contribution in [0.2, 0.25) is 0 Å². The largest absolute Gasteiger partial charge is 0.494 e. The summed E-state index contributed by atoms with van der Waals surface area (Å²) in [7, 11) is 0. The molecule has 0 aromatic heterocycles. The molecular formula is C23H31N3O3. The van der Waals surface area contributed by atoms with Crippen molar-refractivity contribution in [3.8, 4) is 5.75 Å². The molecule has 6 nitrogen and oxygen atoms in total. The molecular weight excluding hydrogens is 366 g/mol. The molecule has 1 atom stereocenters. The fourth-order valence-corrected chi connectivity index (χ4v) is 2.83. The van der Waals surface area contributed by atoms with E-state index in [1.807, 2.05) is 51.1 Å². The molecule has 0 aliphatic rings. The van der Waals surface area contributed by atoms with Crippen molar-refractivity contribution in [2.24, 2.45) is 5.92 Å². The Morgan fingerprint density at radius 2 is 1.66 bits per heavy atom. The second kappa shape index (κ2) is 11.7. The van der Waals surface area contributed by atoms with Gasteiger partial charge in [-0.05, 0) is 55.7 Å². The zero-order valence-electron chi connectivity index (χ0n) is 17.4. The first kappa shape index (κ1) is 22.3. The van der Waals surface area contributed by atoms with Crippen LogP contribution < -0.4 is 20.7 Å².